The molecule has 0 saturated heterocycles. The van der Waals surface area contributed by atoms with Crippen LogP contribution in [0.3, 0.4) is 0 Å². The van der Waals surface area contributed by atoms with E-state index in [-0.39, 0.29) is 12.5 Å². The molecule has 2 amide bonds. The zero-order valence-electron chi connectivity index (χ0n) is 14.7. The fourth-order valence-corrected chi connectivity index (χ4v) is 4.34. The van der Waals surface area contributed by atoms with E-state index in [0.29, 0.717) is 22.1 Å². The molecular weight excluding hydrogens is 390 g/mol. The van der Waals surface area contributed by atoms with Crippen molar-refractivity contribution in [3.05, 3.63) is 53.6 Å². The van der Waals surface area contributed by atoms with Crippen LogP contribution in [0.2, 0.25) is 5.02 Å². The molecule has 9 heteroatoms. The molecule has 1 N–H and O–H groups in total. The molecule has 1 aliphatic heterocycles. The Labute approximate surface area is 162 Å². The second-order valence-corrected chi connectivity index (χ2v) is 8.50. The first-order valence-corrected chi connectivity index (χ1v) is 10.4. The van der Waals surface area contributed by atoms with Crippen molar-refractivity contribution < 1.29 is 18.0 Å². The normalized spacial score (nSPS) is 14.9. The van der Waals surface area contributed by atoms with Gasteiger partial charge in [0.1, 0.15) is 12.6 Å². The highest BCUT2D eigenvalue weighted by molar-refractivity contribution is 7.92. The maximum Gasteiger partial charge on any atom is 0.251 e. The van der Waals surface area contributed by atoms with Crippen molar-refractivity contribution in [2.24, 2.45) is 0 Å². The van der Waals surface area contributed by atoms with Crippen molar-refractivity contribution in [1.29, 1.82) is 0 Å². The largest absolute Gasteiger partial charge is 0.323 e. The first-order chi connectivity index (χ1) is 12.7. The third kappa shape index (κ3) is 3.91. The van der Waals surface area contributed by atoms with Gasteiger partial charge in [-0.2, -0.15) is 0 Å². The van der Waals surface area contributed by atoms with Gasteiger partial charge in [-0.05, 0) is 43.3 Å². The Morgan fingerprint density at radius 3 is 2.44 bits per heavy atom. The monoisotopic (exact) mass is 407 g/mol. The number of nitrogens with one attached hydrogen (secondary N) is 1. The number of para-hydroxylation sites is 2. The number of carbonyl (C=O) groups excluding carboxylic acids is 2. The van der Waals surface area contributed by atoms with Crippen LogP contribution < -0.4 is 14.5 Å². The van der Waals surface area contributed by atoms with E-state index in [1.54, 1.807) is 36.4 Å². The first-order valence-electron chi connectivity index (χ1n) is 8.13. The molecule has 2 aromatic carbocycles. The van der Waals surface area contributed by atoms with Crippen molar-refractivity contribution in [2.75, 3.05) is 27.3 Å². The number of amides is 2. The minimum absolute atomic E-state index is 0.182. The molecule has 142 valence electrons. The summed E-state index contributed by atoms with van der Waals surface area (Å²) in [5, 5.41) is 3.15. The van der Waals surface area contributed by atoms with Gasteiger partial charge < -0.3 is 5.32 Å². The quantitative estimate of drug-likeness (QED) is 0.843. The minimum atomic E-state index is -3.76. The van der Waals surface area contributed by atoms with Gasteiger partial charge >= 0.3 is 0 Å². The Morgan fingerprint density at radius 1 is 1.19 bits per heavy atom. The average molecular weight is 408 g/mol. The number of hydrogen-bond donors (Lipinski definition) is 1. The van der Waals surface area contributed by atoms with Gasteiger partial charge in [0.15, 0.2) is 0 Å². The third-order valence-corrected chi connectivity index (χ3v) is 5.68. The molecule has 0 fully saturated rings. The van der Waals surface area contributed by atoms with E-state index in [1.807, 2.05) is 0 Å². The van der Waals surface area contributed by atoms with Crippen LogP contribution in [0, 0.1) is 0 Å². The molecule has 7 nitrogen and oxygen atoms in total. The first kappa shape index (κ1) is 19.2. The van der Waals surface area contributed by atoms with Gasteiger partial charge in [-0.1, -0.05) is 23.7 Å². The molecule has 0 radical (unpaired) electrons. The Balaban J connectivity index is 2.00. The van der Waals surface area contributed by atoms with Crippen molar-refractivity contribution in [1.82, 2.24) is 0 Å². The summed E-state index contributed by atoms with van der Waals surface area (Å²) >= 11 is 5.88. The van der Waals surface area contributed by atoms with Crippen LogP contribution in [-0.2, 0) is 19.6 Å². The number of carbonyl (C=O) groups is 2. The molecule has 1 heterocycles. The van der Waals surface area contributed by atoms with Crippen LogP contribution in [0.5, 0.6) is 0 Å². The van der Waals surface area contributed by atoms with Crippen molar-refractivity contribution in [2.45, 2.75) is 13.0 Å². The lowest BCUT2D eigenvalue weighted by Gasteiger charge is -2.35. The zero-order valence-corrected chi connectivity index (χ0v) is 16.3. The SMILES string of the molecule is C[C@@H](C(=O)N1CC(=O)Nc2ccccc21)N(c1ccc(Cl)cc1)S(C)(=O)=O. The highest BCUT2D eigenvalue weighted by Gasteiger charge is 2.35. The molecule has 0 unspecified atom stereocenters. The molecule has 1 atom stereocenters. The molecule has 27 heavy (non-hydrogen) atoms. The minimum Gasteiger partial charge on any atom is -0.323 e. The number of nitrogens with zero attached hydrogens (tertiary/aromatic N) is 2. The van der Waals surface area contributed by atoms with Crippen LogP contribution in [0.25, 0.3) is 0 Å². The smallest absolute Gasteiger partial charge is 0.251 e. The molecule has 0 aromatic heterocycles. The standard InChI is InChI=1S/C18H18ClN3O4S/c1-12(22(27(2,25)26)14-9-7-13(19)8-10-14)18(24)21-11-17(23)20-15-5-3-4-6-16(15)21/h3-10,12H,11H2,1-2H3,(H,20,23)/t12-/m0/s1. The number of fused-ring (bicyclic) bond motifs is 1. The fourth-order valence-electron chi connectivity index (χ4n) is 3.05. The van der Waals surface area contributed by atoms with E-state index < -0.39 is 22.0 Å². The Morgan fingerprint density at radius 2 is 1.81 bits per heavy atom. The second-order valence-electron chi connectivity index (χ2n) is 6.20. The molecule has 1 aliphatic rings. The van der Waals surface area contributed by atoms with E-state index in [2.05, 4.69) is 5.32 Å². The topological polar surface area (TPSA) is 86.8 Å². The van der Waals surface area contributed by atoms with Crippen LogP contribution in [-0.4, -0.2) is 39.1 Å². The van der Waals surface area contributed by atoms with Crippen molar-refractivity contribution in [3.8, 4) is 0 Å². The summed E-state index contributed by atoms with van der Waals surface area (Å²) < 4.78 is 25.8. The number of sulfonamides is 1. The van der Waals surface area contributed by atoms with E-state index in [1.165, 1.54) is 24.0 Å². The Kier molecular flexibility index (Phi) is 5.12. The molecule has 0 saturated carbocycles. The van der Waals surface area contributed by atoms with Gasteiger partial charge in [0.25, 0.3) is 5.91 Å². The Bertz CT molecular complexity index is 992. The number of rotatable bonds is 4. The molecule has 2 aromatic rings. The predicted molar refractivity (Wildman–Crippen MR) is 106 cm³/mol. The number of halogens is 1. The molecular formula is C18H18ClN3O4S. The lowest BCUT2D eigenvalue weighted by atomic mass is 10.1. The van der Waals surface area contributed by atoms with Gasteiger partial charge in [-0.25, -0.2) is 8.42 Å². The van der Waals surface area contributed by atoms with Crippen LogP contribution >= 0.6 is 11.6 Å². The second kappa shape index (κ2) is 7.21. The zero-order chi connectivity index (χ0) is 19.8. The number of hydrogen-bond acceptors (Lipinski definition) is 4. The van der Waals surface area contributed by atoms with Gasteiger partial charge in [0.2, 0.25) is 15.9 Å². The summed E-state index contributed by atoms with van der Waals surface area (Å²) in [6.07, 6.45) is 1.03. The van der Waals surface area contributed by atoms with E-state index in [0.717, 1.165) is 10.6 Å². The fraction of sp³-hybridized carbons (Fsp3) is 0.222. The van der Waals surface area contributed by atoms with Gasteiger partial charge in [0, 0.05) is 5.02 Å². The van der Waals surface area contributed by atoms with E-state index in [9.17, 15) is 18.0 Å². The average Bonchev–Trinajstić information content (AvgIpc) is 2.61. The summed E-state index contributed by atoms with van der Waals surface area (Å²) in [7, 11) is -3.76. The summed E-state index contributed by atoms with van der Waals surface area (Å²) in [5.41, 5.74) is 1.35. The van der Waals surface area contributed by atoms with Crippen molar-refractivity contribution >= 4 is 50.5 Å². The van der Waals surface area contributed by atoms with E-state index in [4.69, 9.17) is 11.6 Å². The number of benzene rings is 2. The maximum absolute atomic E-state index is 13.1. The van der Waals surface area contributed by atoms with Crippen LogP contribution in [0.15, 0.2) is 48.5 Å². The summed E-state index contributed by atoms with van der Waals surface area (Å²) in [6, 6.07) is 12.0. The lowest BCUT2D eigenvalue weighted by molar-refractivity contribution is -0.122. The Hall–Kier alpha value is -2.58. The predicted octanol–water partition coefficient (Wildman–Crippen LogP) is 2.48. The number of anilines is 3. The highest BCUT2D eigenvalue weighted by atomic mass is 35.5. The van der Waals surface area contributed by atoms with Crippen LogP contribution in [0.4, 0.5) is 17.1 Å². The van der Waals surface area contributed by atoms with E-state index >= 15 is 0 Å². The van der Waals surface area contributed by atoms with Gasteiger partial charge in [-0.3, -0.25) is 18.8 Å². The molecule has 0 aliphatic carbocycles. The highest BCUT2D eigenvalue weighted by Crippen LogP contribution is 2.31. The van der Waals surface area contributed by atoms with Crippen LogP contribution in [0.1, 0.15) is 6.92 Å². The van der Waals surface area contributed by atoms with Crippen molar-refractivity contribution in [3.63, 3.8) is 0 Å². The van der Waals surface area contributed by atoms with Gasteiger partial charge in [-0.15, -0.1) is 0 Å². The molecule has 3 rings (SSSR count). The molecule has 0 bridgehead atoms. The summed E-state index contributed by atoms with van der Waals surface area (Å²) in [5.74, 6) is -0.843. The summed E-state index contributed by atoms with van der Waals surface area (Å²) in [4.78, 5) is 26.4. The lowest BCUT2D eigenvalue weighted by Crippen LogP contribution is -2.52. The third-order valence-electron chi connectivity index (χ3n) is 4.18. The molecule has 0 spiro atoms. The van der Waals surface area contributed by atoms with Gasteiger partial charge in [0.05, 0.1) is 23.3 Å². The maximum atomic E-state index is 13.1. The summed E-state index contributed by atoms with van der Waals surface area (Å²) in [6.45, 7) is 1.31.